The van der Waals surface area contributed by atoms with Crippen molar-refractivity contribution in [2.75, 3.05) is 28.2 Å². The van der Waals surface area contributed by atoms with Gasteiger partial charge < -0.3 is 31.4 Å². The Kier molecular flexibility index (Phi) is 18.0. The van der Waals surface area contributed by atoms with Crippen molar-refractivity contribution < 1.29 is 27.5 Å². The minimum atomic E-state index is -0.863. The fourth-order valence-electron chi connectivity index (χ4n) is 5.33. The van der Waals surface area contributed by atoms with E-state index < -0.39 is 29.2 Å². The van der Waals surface area contributed by atoms with Crippen molar-refractivity contribution in [1.29, 1.82) is 0 Å². The topological polar surface area (TPSA) is 169 Å². The molecule has 0 aliphatic heterocycles. The van der Waals surface area contributed by atoms with Crippen LogP contribution in [0.15, 0.2) is 97.3 Å². The van der Waals surface area contributed by atoms with E-state index in [9.17, 15) is 22.4 Å². The van der Waals surface area contributed by atoms with Crippen LogP contribution in [0.25, 0.3) is 11.2 Å². The lowest BCUT2D eigenvalue weighted by atomic mass is 10.1. The molecule has 18 heteroatoms. The van der Waals surface area contributed by atoms with Crippen LogP contribution in [-0.4, -0.2) is 47.1 Å². The Morgan fingerprint density at radius 2 is 1.22 bits per heavy atom. The predicted molar refractivity (Wildman–Crippen MR) is 231 cm³/mol. The average molecular weight is 868 g/mol. The number of hydrogen-bond acceptors (Lipinski definition) is 10. The Labute approximate surface area is 354 Å². The maximum atomic E-state index is 13.9. The van der Waals surface area contributed by atoms with Crippen LogP contribution in [-0.2, 0) is 24.2 Å². The van der Waals surface area contributed by atoms with E-state index >= 15 is 0 Å². The summed E-state index contributed by atoms with van der Waals surface area (Å²) in [7, 11) is 0. The van der Waals surface area contributed by atoms with Crippen molar-refractivity contribution in [3.8, 4) is 0 Å². The van der Waals surface area contributed by atoms with E-state index in [0.717, 1.165) is 23.5 Å². The molecule has 0 unspecified atom stereocenters. The number of aryl methyl sites for hydroxylation is 1. The van der Waals surface area contributed by atoms with Crippen LogP contribution >= 0.6 is 23.2 Å². The second-order valence-electron chi connectivity index (χ2n) is 12.1. The zero-order chi connectivity index (χ0) is 41.8. The first kappa shape index (κ1) is 47.9. The molecule has 0 bridgehead atoms. The van der Waals surface area contributed by atoms with Crippen LogP contribution < -0.4 is 21.7 Å². The van der Waals surface area contributed by atoms with E-state index in [1.807, 2.05) is 42.7 Å². The van der Waals surface area contributed by atoms with E-state index in [1.165, 1.54) is 36.7 Å². The van der Waals surface area contributed by atoms with Gasteiger partial charge in [-0.3, -0.25) is 4.79 Å². The second kappa shape index (κ2) is 22.6. The van der Waals surface area contributed by atoms with Crippen molar-refractivity contribution in [1.82, 2.24) is 29.5 Å². The Hall–Kier alpha value is -6.52. The van der Waals surface area contributed by atoms with Gasteiger partial charge in [0.2, 0.25) is 11.9 Å². The average Bonchev–Trinajstić information content (AvgIpc) is 3.54. The lowest BCUT2D eigenvalue weighted by Gasteiger charge is -2.10. The molecule has 0 aliphatic rings. The van der Waals surface area contributed by atoms with Crippen LogP contribution in [0.5, 0.6) is 0 Å². The molecular weight excluding hydrogens is 823 g/mol. The lowest BCUT2D eigenvalue weighted by Crippen LogP contribution is -2.08. The molecular formula is C42H44Cl2F4N10O2. The van der Waals surface area contributed by atoms with Crippen molar-refractivity contribution in [2.24, 2.45) is 0 Å². The van der Waals surface area contributed by atoms with Gasteiger partial charge in [-0.2, -0.15) is 9.97 Å². The molecule has 0 fully saturated rings. The van der Waals surface area contributed by atoms with Crippen LogP contribution in [0.3, 0.4) is 0 Å². The van der Waals surface area contributed by atoms with Gasteiger partial charge in [-0.05, 0) is 61.4 Å². The summed E-state index contributed by atoms with van der Waals surface area (Å²) < 4.78 is 56.6. The highest BCUT2D eigenvalue weighted by molar-refractivity contribution is 6.31. The number of aromatic nitrogens is 6. The molecule has 0 saturated heterocycles. The van der Waals surface area contributed by atoms with Crippen molar-refractivity contribution in [2.45, 2.75) is 48.1 Å². The second-order valence-corrected chi connectivity index (χ2v) is 12.9. The van der Waals surface area contributed by atoms with E-state index in [1.54, 1.807) is 24.3 Å². The van der Waals surface area contributed by atoms with Gasteiger partial charge in [-0.25, -0.2) is 32.5 Å². The molecule has 316 valence electrons. The van der Waals surface area contributed by atoms with Gasteiger partial charge in [-0.15, -0.1) is 0 Å². The quantitative estimate of drug-likeness (QED) is 0.0785. The molecule has 0 spiro atoms. The van der Waals surface area contributed by atoms with Crippen LogP contribution in [0.2, 0.25) is 10.0 Å². The summed E-state index contributed by atoms with van der Waals surface area (Å²) in [4.78, 5) is 31.4. The minimum Gasteiger partial charge on any atom is -0.481 e. The van der Waals surface area contributed by atoms with Gasteiger partial charge >= 0.3 is 5.97 Å². The Morgan fingerprint density at radius 3 is 1.72 bits per heavy atom. The summed E-state index contributed by atoms with van der Waals surface area (Å²) in [5.41, 5.74) is 8.23. The van der Waals surface area contributed by atoms with Gasteiger partial charge in [0.05, 0.1) is 24.5 Å². The van der Waals surface area contributed by atoms with Gasteiger partial charge in [0, 0.05) is 29.6 Å². The Bertz CT molecular complexity index is 2490. The number of para-hydroxylation sites is 2. The van der Waals surface area contributed by atoms with Crippen LogP contribution in [0, 0.1) is 23.3 Å². The molecule has 0 saturated carbocycles. The van der Waals surface area contributed by atoms with E-state index in [2.05, 4.69) is 40.9 Å². The molecule has 7 aromatic rings. The number of carboxylic acids is 1. The van der Waals surface area contributed by atoms with Gasteiger partial charge in [-0.1, -0.05) is 86.6 Å². The Morgan fingerprint density at radius 1 is 0.717 bits per heavy atom. The number of halogens is 6. The molecule has 0 radical (unpaired) electrons. The van der Waals surface area contributed by atoms with E-state index in [-0.39, 0.29) is 44.5 Å². The standard InChI is InChI=1S/C20H16ClF2N5.C12H13F2N5.C8H7ClO2.2CH4/c1-2-28-17(10-12-6-3-4-7-13(12)21)25-16-11-24-20(27-19(16)28)26-18-14(22)8-5-9-15(18)23;1-2-16-11-9(15)6-17-12(19-11)18-10-7(13)4-3-5-8(10)14;9-7-4-2-1-3-6(7)5-8(10)11;;/h3-9,11H,2,10H2,1H3,(H,24,26,27);3-6H,2,15H2,1H3,(H2,16,17,18,19);1-4H,5H2,(H,10,11);2*1H4. The molecule has 12 nitrogen and oxygen atoms in total. The number of nitrogens with one attached hydrogen (secondary N) is 3. The molecule has 60 heavy (non-hydrogen) atoms. The fraction of sp³-hybridized carbons (Fsp3) is 0.190. The molecule has 7 rings (SSSR count). The van der Waals surface area contributed by atoms with Gasteiger partial charge in [0.1, 0.15) is 46.0 Å². The summed E-state index contributed by atoms with van der Waals surface area (Å²) in [5.74, 6) is -2.37. The minimum absolute atomic E-state index is 0. The molecule has 0 amide bonds. The highest BCUT2D eigenvalue weighted by atomic mass is 35.5. The zero-order valence-electron chi connectivity index (χ0n) is 30.9. The smallest absolute Gasteiger partial charge is 0.307 e. The predicted octanol–water partition coefficient (Wildman–Crippen LogP) is 10.9. The molecule has 0 atom stereocenters. The summed E-state index contributed by atoms with van der Waals surface area (Å²) >= 11 is 12.0. The van der Waals surface area contributed by atoms with Crippen molar-refractivity contribution in [3.05, 3.63) is 148 Å². The molecule has 6 N–H and O–H groups in total. The number of nitrogens with two attached hydrogens (primary N) is 1. The number of carboxylic acid groups (broad SMARTS) is 1. The SMILES string of the molecule is C.C.CCNc1nc(Nc2c(F)cccc2F)ncc1N.CCn1c(Cc2ccccc2Cl)nc2cnc(Nc3c(F)cccc3F)nc21.O=C(O)Cc1ccccc1Cl. The number of rotatable bonds is 11. The van der Waals surface area contributed by atoms with Crippen LogP contribution in [0.1, 0.15) is 45.7 Å². The summed E-state index contributed by atoms with van der Waals surface area (Å²) in [6, 6.07) is 21.7. The molecule has 3 heterocycles. The first-order valence-electron chi connectivity index (χ1n) is 17.6. The number of aliphatic carboxylic acids is 1. The lowest BCUT2D eigenvalue weighted by molar-refractivity contribution is -0.136. The van der Waals surface area contributed by atoms with Crippen molar-refractivity contribution >= 4 is 75.1 Å². The summed E-state index contributed by atoms with van der Waals surface area (Å²) in [5, 5.41) is 17.7. The zero-order valence-corrected chi connectivity index (χ0v) is 32.5. The third-order valence-corrected chi connectivity index (χ3v) is 8.79. The maximum absolute atomic E-state index is 13.9. The maximum Gasteiger partial charge on any atom is 0.307 e. The first-order chi connectivity index (χ1) is 27.9. The Balaban J connectivity index is 0.000000261. The molecule has 3 aromatic heterocycles. The number of carbonyl (C=O) groups is 1. The fourth-order valence-corrected chi connectivity index (χ4v) is 5.73. The number of hydrogen-bond donors (Lipinski definition) is 5. The number of imidazole rings is 1. The van der Waals surface area contributed by atoms with Gasteiger partial charge in [0.25, 0.3) is 0 Å². The summed E-state index contributed by atoms with van der Waals surface area (Å²) in [6.07, 6.45) is 3.42. The highest BCUT2D eigenvalue weighted by Crippen LogP contribution is 2.26. The number of fused-ring (bicyclic) bond motifs is 1. The van der Waals surface area contributed by atoms with E-state index in [4.69, 9.17) is 34.0 Å². The van der Waals surface area contributed by atoms with Gasteiger partial charge in [0.15, 0.2) is 11.5 Å². The van der Waals surface area contributed by atoms with Crippen LogP contribution in [0.4, 0.5) is 52.3 Å². The third-order valence-electron chi connectivity index (χ3n) is 8.05. The first-order valence-corrected chi connectivity index (χ1v) is 18.3. The monoisotopic (exact) mass is 866 g/mol. The number of nitrogen functional groups attached to an aromatic ring is 1. The third kappa shape index (κ3) is 12.5. The molecule has 4 aromatic carbocycles. The molecule has 0 aliphatic carbocycles. The number of anilines is 6. The van der Waals surface area contributed by atoms with E-state index in [0.29, 0.717) is 57.8 Å². The normalized spacial score (nSPS) is 10.2. The van der Waals surface area contributed by atoms with Crippen molar-refractivity contribution in [3.63, 3.8) is 0 Å². The largest absolute Gasteiger partial charge is 0.481 e. The number of nitrogens with zero attached hydrogens (tertiary/aromatic N) is 6. The highest BCUT2D eigenvalue weighted by Gasteiger charge is 2.16. The number of benzene rings is 4. The summed E-state index contributed by atoms with van der Waals surface area (Å²) in [6.45, 7) is 5.10.